The quantitative estimate of drug-likeness (QED) is 0.324. The first-order chi connectivity index (χ1) is 19.5. The van der Waals surface area contributed by atoms with Gasteiger partial charge in [-0.2, -0.15) is 0 Å². The molecule has 7 heteroatoms. The molecule has 0 aromatic heterocycles. The van der Waals surface area contributed by atoms with Gasteiger partial charge in [-0.1, -0.05) is 87.4 Å². The second-order valence-corrected chi connectivity index (χ2v) is 12.0. The number of carbonyl (C=O) groups excluding carboxylic acids is 3. The first-order valence-electron chi connectivity index (χ1n) is 14.9. The molecule has 1 fully saturated rings. The first-order valence-corrected chi connectivity index (χ1v) is 14.9. The number of hydrogen-bond donors (Lipinski definition) is 2. The fraction of sp³-hybridized carbons (Fsp3) is 0.500. The van der Waals surface area contributed by atoms with Gasteiger partial charge in [0.1, 0.15) is 17.7 Å². The second-order valence-electron chi connectivity index (χ2n) is 12.0. The van der Waals surface area contributed by atoms with E-state index in [2.05, 4.69) is 17.2 Å². The molecule has 7 nitrogen and oxygen atoms in total. The van der Waals surface area contributed by atoms with Gasteiger partial charge in [-0.3, -0.25) is 9.59 Å². The van der Waals surface area contributed by atoms with Crippen LogP contribution >= 0.6 is 0 Å². The molecule has 0 radical (unpaired) electrons. The summed E-state index contributed by atoms with van der Waals surface area (Å²) >= 11 is 0. The molecular weight excluding hydrogens is 514 g/mol. The number of amides is 3. The van der Waals surface area contributed by atoms with Crippen LogP contribution in [0.3, 0.4) is 0 Å². The monoisotopic (exact) mass is 561 g/mol. The van der Waals surface area contributed by atoms with E-state index >= 15 is 0 Å². The summed E-state index contributed by atoms with van der Waals surface area (Å²) in [6.45, 7) is 13.2. The van der Waals surface area contributed by atoms with Crippen LogP contribution in [0.15, 0.2) is 61.2 Å². The Bertz CT molecular complexity index is 1170. The molecule has 1 aliphatic carbocycles. The molecular formula is C34H47N3O4. The molecule has 3 amide bonds. The van der Waals surface area contributed by atoms with E-state index in [1.54, 1.807) is 31.7 Å². The van der Waals surface area contributed by atoms with Crippen LogP contribution in [0.1, 0.15) is 95.9 Å². The van der Waals surface area contributed by atoms with Gasteiger partial charge in [-0.05, 0) is 69.7 Å². The zero-order valence-electron chi connectivity index (χ0n) is 25.3. The molecule has 3 rings (SSSR count). The fourth-order valence-electron chi connectivity index (χ4n) is 5.30. The molecule has 0 spiro atoms. The smallest absolute Gasteiger partial charge is 0.408 e. The summed E-state index contributed by atoms with van der Waals surface area (Å²) < 4.78 is 5.53. The Labute approximate surface area is 245 Å². The van der Waals surface area contributed by atoms with Gasteiger partial charge in [0.05, 0.1) is 0 Å². The average molecular weight is 562 g/mol. The topological polar surface area (TPSA) is 87.7 Å². The molecule has 222 valence electrons. The Morgan fingerprint density at radius 3 is 2.34 bits per heavy atom. The molecule has 0 bridgehead atoms. The van der Waals surface area contributed by atoms with Crippen LogP contribution in [0.5, 0.6) is 0 Å². The first kappa shape index (κ1) is 31.9. The Morgan fingerprint density at radius 1 is 1.05 bits per heavy atom. The number of alkyl carbamates (subject to hydrolysis) is 1. The molecule has 2 aromatic carbocycles. The maximum Gasteiger partial charge on any atom is 0.408 e. The van der Waals surface area contributed by atoms with Crippen LogP contribution in [0.25, 0.3) is 6.08 Å². The molecule has 3 unspecified atom stereocenters. The second kappa shape index (κ2) is 14.9. The predicted octanol–water partition coefficient (Wildman–Crippen LogP) is 6.58. The molecule has 0 aliphatic heterocycles. The van der Waals surface area contributed by atoms with Crippen molar-refractivity contribution in [3.8, 4) is 0 Å². The number of ether oxygens (including phenoxy) is 1. The van der Waals surface area contributed by atoms with Gasteiger partial charge in [0.2, 0.25) is 11.8 Å². The normalized spacial score (nSPS) is 16.1. The lowest BCUT2D eigenvalue weighted by molar-refractivity contribution is -0.145. The van der Waals surface area contributed by atoms with Crippen LogP contribution in [0, 0.1) is 0 Å². The number of nitrogens with one attached hydrogen (secondary N) is 2. The fourth-order valence-corrected chi connectivity index (χ4v) is 5.30. The van der Waals surface area contributed by atoms with Crippen molar-refractivity contribution in [1.29, 1.82) is 0 Å². The predicted molar refractivity (Wildman–Crippen MR) is 164 cm³/mol. The van der Waals surface area contributed by atoms with Crippen molar-refractivity contribution in [3.63, 3.8) is 0 Å². The van der Waals surface area contributed by atoms with Crippen LogP contribution in [0.2, 0.25) is 0 Å². The van der Waals surface area contributed by atoms with Gasteiger partial charge < -0.3 is 20.3 Å². The van der Waals surface area contributed by atoms with Crippen molar-refractivity contribution >= 4 is 24.0 Å². The Hall–Kier alpha value is -3.61. The molecule has 3 atom stereocenters. The maximum absolute atomic E-state index is 14.6. The van der Waals surface area contributed by atoms with E-state index in [-0.39, 0.29) is 30.3 Å². The van der Waals surface area contributed by atoms with Crippen LogP contribution < -0.4 is 10.6 Å². The highest BCUT2D eigenvalue weighted by Gasteiger charge is 2.39. The highest BCUT2D eigenvalue weighted by molar-refractivity contribution is 5.92. The van der Waals surface area contributed by atoms with Crippen LogP contribution in [-0.4, -0.2) is 46.5 Å². The van der Waals surface area contributed by atoms with Gasteiger partial charge in [0, 0.05) is 18.5 Å². The standard InChI is InChI=1S/C34H47N3O4/c1-7-24(3)37(32(39)29(23-26-16-11-9-12-17-26)36-33(40)41-34(4,5)6)30(27-19-15-18-25(8-2)22-27)31(38)35-28-20-13-10-14-21-28/h8-9,11-12,15-19,22,24,28-30H,2,7,10,13-14,20-21,23H2,1,3-6H3,(H,35,38)(H,36,40). The van der Waals surface area contributed by atoms with Crippen molar-refractivity contribution in [1.82, 2.24) is 15.5 Å². The summed E-state index contributed by atoms with van der Waals surface area (Å²) in [7, 11) is 0. The lowest BCUT2D eigenvalue weighted by Gasteiger charge is -2.39. The molecule has 0 heterocycles. The highest BCUT2D eigenvalue weighted by Crippen LogP contribution is 2.29. The highest BCUT2D eigenvalue weighted by atomic mass is 16.6. The van der Waals surface area contributed by atoms with Crippen molar-refractivity contribution in [2.75, 3.05) is 0 Å². The minimum Gasteiger partial charge on any atom is -0.444 e. The Morgan fingerprint density at radius 2 is 1.73 bits per heavy atom. The lowest BCUT2D eigenvalue weighted by atomic mass is 9.93. The zero-order chi connectivity index (χ0) is 30.0. The molecule has 1 saturated carbocycles. The van der Waals surface area contributed by atoms with Crippen LogP contribution in [0.4, 0.5) is 4.79 Å². The minimum atomic E-state index is -0.936. The van der Waals surface area contributed by atoms with E-state index in [0.717, 1.165) is 36.8 Å². The van der Waals surface area contributed by atoms with Gasteiger partial charge in [0.15, 0.2) is 0 Å². The number of rotatable bonds is 11. The van der Waals surface area contributed by atoms with E-state index < -0.39 is 23.8 Å². The number of hydrogen-bond acceptors (Lipinski definition) is 4. The van der Waals surface area contributed by atoms with Crippen molar-refractivity contribution < 1.29 is 19.1 Å². The summed E-state index contributed by atoms with van der Waals surface area (Å²) in [5.74, 6) is -0.538. The van der Waals surface area contributed by atoms with E-state index in [0.29, 0.717) is 12.0 Å². The third-order valence-electron chi connectivity index (χ3n) is 7.53. The van der Waals surface area contributed by atoms with Gasteiger partial charge in [-0.25, -0.2) is 4.79 Å². The summed E-state index contributed by atoms with van der Waals surface area (Å²) in [6.07, 6.45) is 7.14. The number of benzene rings is 2. The number of carbonyl (C=O) groups is 3. The van der Waals surface area contributed by atoms with Crippen molar-refractivity contribution in [2.24, 2.45) is 0 Å². The van der Waals surface area contributed by atoms with Crippen LogP contribution in [-0.2, 0) is 20.7 Å². The third-order valence-corrected chi connectivity index (χ3v) is 7.53. The van der Waals surface area contributed by atoms with Gasteiger partial charge in [-0.15, -0.1) is 0 Å². The van der Waals surface area contributed by atoms with Gasteiger partial charge in [0.25, 0.3) is 0 Å². The number of nitrogens with zero attached hydrogens (tertiary/aromatic N) is 1. The molecule has 2 aromatic rings. The zero-order valence-corrected chi connectivity index (χ0v) is 25.3. The largest absolute Gasteiger partial charge is 0.444 e. The van der Waals surface area contributed by atoms with E-state index in [9.17, 15) is 14.4 Å². The summed E-state index contributed by atoms with van der Waals surface area (Å²) in [5.41, 5.74) is 1.74. The Balaban J connectivity index is 2.05. The van der Waals surface area contributed by atoms with E-state index in [1.165, 1.54) is 6.42 Å². The Kier molecular flexibility index (Phi) is 11.6. The van der Waals surface area contributed by atoms with Crippen molar-refractivity contribution in [3.05, 3.63) is 77.9 Å². The average Bonchev–Trinajstić information content (AvgIpc) is 2.94. The van der Waals surface area contributed by atoms with Gasteiger partial charge >= 0.3 is 6.09 Å². The summed E-state index contributed by atoms with van der Waals surface area (Å²) in [4.78, 5) is 43.3. The van der Waals surface area contributed by atoms with Crippen molar-refractivity contribution in [2.45, 2.75) is 109 Å². The summed E-state index contributed by atoms with van der Waals surface area (Å²) in [5, 5.41) is 6.09. The van der Waals surface area contributed by atoms with E-state index in [1.807, 2.05) is 68.4 Å². The molecule has 1 aliphatic rings. The molecule has 2 N–H and O–H groups in total. The maximum atomic E-state index is 14.6. The lowest BCUT2D eigenvalue weighted by Crippen LogP contribution is -2.56. The molecule has 0 saturated heterocycles. The van der Waals surface area contributed by atoms with E-state index in [4.69, 9.17) is 4.74 Å². The SMILES string of the molecule is C=Cc1cccc(C(C(=O)NC2CCCCC2)N(C(=O)C(Cc2ccccc2)NC(=O)OC(C)(C)C)C(C)CC)c1. The molecule has 41 heavy (non-hydrogen) atoms. The summed E-state index contributed by atoms with van der Waals surface area (Å²) in [6, 6.07) is 15.1. The minimum absolute atomic E-state index is 0.0789. The third kappa shape index (κ3) is 9.48.